The maximum absolute atomic E-state index is 11.5. The first-order valence-corrected chi connectivity index (χ1v) is 10.5. The van der Waals surface area contributed by atoms with Crippen LogP contribution in [0.15, 0.2) is 0 Å². The molecule has 0 heterocycles. The van der Waals surface area contributed by atoms with Gasteiger partial charge in [0.15, 0.2) is 0 Å². The van der Waals surface area contributed by atoms with Crippen molar-refractivity contribution in [2.45, 2.75) is 122 Å². The van der Waals surface area contributed by atoms with E-state index in [0.717, 1.165) is 32.1 Å². The zero-order valence-corrected chi connectivity index (χ0v) is 16.3. The molecule has 0 rings (SSSR count). The number of halogens is 1. The number of Topliss-reactive ketones (excluding diaryl/α,β-unsaturated/α-hetero) is 1. The Morgan fingerprint density at radius 1 is 0.560 bits per heavy atom. The summed E-state index contributed by atoms with van der Waals surface area (Å²) in [6.45, 7) is 1.68. The fraction of sp³-hybridized carbons (Fsp3) is 0.905. The molecule has 148 valence electrons. The predicted molar refractivity (Wildman–Crippen MR) is 101 cm³/mol. The van der Waals surface area contributed by atoms with Crippen LogP contribution < -0.4 is 0 Å². The van der Waals surface area contributed by atoms with Gasteiger partial charge in [0, 0.05) is 17.4 Å². The van der Waals surface area contributed by atoms with Crippen molar-refractivity contribution in [3.8, 4) is 0 Å². The molecule has 3 nitrogen and oxygen atoms in total. The van der Waals surface area contributed by atoms with Crippen molar-refractivity contribution in [2.75, 3.05) is 0 Å². The number of carbonyl (C=O) groups is 2. The van der Waals surface area contributed by atoms with E-state index in [2.05, 4.69) is 4.94 Å². The molecule has 0 fully saturated rings. The molecule has 0 aliphatic rings. The number of ketones is 1. The fourth-order valence-corrected chi connectivity index (χ4v) is 3.16. The van der Waals surface area contributed by atoms with Crippen LogP contribution in [-0.4, -0.2) is 11.8 Å². The second-order valence-corrected chi connectivity index (χ2v) is 7.31. The minimum absolute atomic E-state index is 0.203. The first kappa shape index (κ1) is 24.1. The molecule has 0 radical (unpaired) electrons. The summed E-state index contributed by atoms with van der Waals surface area (Å²) >= 11 is 0. The van der Waals surface area contributed by atoms with Crippen LogP contribution in [0.1, 0.15) is 122 Å². The highest BCUT2D eigenvalue weighted by atomic mass is 19.3. The molecule has 0 spiro atoms. The Hall–Kier alpha value is -0.930. The van der Waals surface area contributed by atoms with Gasteiger partial charge in [-0.15, -0.1) is 0 Å². The van der Waals surface area contributed by atoms with Crippen LogP contribution in [0.25, 0.3) is 0 Å². The molecule has 0 saturated carbocycles. The highest BCUT2D eigenvalue weighted by Crippen LogP contribution is 2.14. The molecule has 0 aromatic heterocycles. The zero-order chi connectivity index (χ0) is 18.6. The van der Waals surface area contributed by atoms with Gasteiger partial charge in [-0.25, -0.2) is 4.79 Å². The standard InChI is InChI=1S/C21H39FO3/c1-20(23)18-16-14-12-10-8-6-4-2-3-5-7-9-11-13-15-17-19-21(24)25-22/h2-19H2,1H3. The van der Waals surface area contributed by atoms with Crippen LogP contribution in [0.4, 0.5) is 4.53 Å². The summed E-state index contributed by atoms with van der Waals surface area (Å²) in [5.74, 6) is -0.423. The van der Waals surface area contributed by atoms with Crippen molar-refractivity contribution < 1.29 is 19.1 Å². The Kier molecular flexibility index (Phi) is 18.7. The van der Waals surface area contributed by atoms with E-state index in [0.29, 0.717) is 5.78 Å². The van der Waals surface area contributed by atoms with Crippen LogP contribution in [-0.2, 0) is 14.5 Å². The van der Waals surface area contributed by atoms with Crippen molar-refractivity contribution >= 4 is 11.8 Å². The summed E-state index contributed by atoms with van der Waals surface area (Å²) in [5, 5.41) is 0. The molecule has 0 amide bonds. The number of rotatable bonds is 19. The summed E-state index contributed by atoms with van der Waals surface area (Å²) in [5.41, 5.74) is 0. The molecule has 0 bridgehead atoms. The summed E-state index contributed by atoms with van der Waals surface area (Å²) in [4.78, 5) is 24.5. The quantitative estimate of drug-likeness (QED) is 0.233. The maximum atomic E-state index is 11.5. The Bertz CT molecular complexity index is 318. The number of hydrogen-bond acceptors (Lipinski definition) is 3. The van der Waals surface area contributed by atoms with E-state index < -0.39 is 5.97 Å². The second kappa shape index (κ2) is 19.4. The van der Waals surface area contributed by atoms with Crippen LogP contribution in [0.5, 0.6) is 0 Å². The maximum Gasteiger partial charge on any atom is 0.348 e. The normalized spacial score (nSPS) is 10.8. The molecule has 0 atom stereocenters. The lowest BCUT2D eigenvalue weighted by atomic mass is 10.0. The van der Waals surface area contributed by atoms with Gasteiger partial charge in [-0.1, -0.05) is 89.9 Å². The Balaban J connectivity index is 3.03. The van der Waals surface area contributed by atoms with E-state index in [1.807, 2.05) is 0 Å². The lowest BCUT2D eigenvalue weighted by Crippen LogP contribution is -1.96. The van der Waals surface area contributed by atoms with E-state index in [4.69, 9.17) is 0 Å². The van der Waals surface area contributed by atoms with Gasteiger partial charge < -0.3 is 4.79 Å². The van der Waals surface area contributed by atoms with Crippen LogP contribution in [0.3, 0.4) is 0 Å². The summed E-state index contributed by atoms with van der Waals surface area (Å²) in [7, 11) is 0. The Labute approximate surface area is 154 Å². The van der Waals surface area contributed by atoms with Crippen molar-refractivity contribution in [1.29, 1.82) is 0 Å². The third-order valence-electron chi connectivity index (χ3n) is 4.75. The number of unbranched alkanes of at least 4 members (excludes halogenated alkanes) is 15. The number of hydrogen-bond donors (Lipinski definition) is 0. The highest BCUT2D eigenvalue weighted by molar-refractivity contribution is 5.75. The summed E-state index contributed by atoms with van der Waals surface area (Å²) < 4.78 is 11.5. The smallest absolute Gasteiger partial charge is 0.300 e. The average molecular weight is 359 g/mol. The van der Waals surface area contributed by atoms with Crippen molar-refractivity contribution in [1.82, 2.24) is 0 Å². The Morgan fingerprint density at radius 2 is 0.840 bits per heavy atom. The van der Waals surface area contributed by atoms with E-state index in [1.165, 1.54) is 77.0 Å². The lowest BCUT2D eigenvalue weighted by Gasteiger charge is -2.03. The SMILES string of the molecule is CC(=O)CCCCCCCCCCCCCCCCCCC(=O)OF. The van der Waals surface area contributed by atoms with E-state index in [1.54, 1.807) is 6.92 Å². The Morgan fingerprint density at radius 3 is 1.12 bits per heavy atom. The monoisotopic (exact) mass is 358 g/mol. The van der Waals surface area contributed by atoms with E-state index in [9.17, 15) is 14.1 Å². The molecule has 0 aliphatic carbocycles. The second-order valence-electron chi connectivity index (χ2n) is 7.31. The third kappa shape index (κ3) is 21.0. The molecule has 0 N–H and O–H groups in total. The van der Waals surface area contributed by atoms with Gasteiger partial charge in [0.1, 0.15) is 5.78 Å². The van der Waals surface area contributed by atoms with Crippen molar-refractivity contribution in [3.63, 3.8) is 0 Å². The van der Waals surface area contributed by atoms with Gasteiger partial charge in [0.25, 0.3) is 0 Å². The van der Waals surface area contributed by atoms with Gasteiger partial charge in [-0.2, -0.15) is 0 Å². The van der Waals surface area contributed by atoms with Gasteiger partial charge >= 0.3 is 5.97 Å². The van der Waals surface area contributed by atoms with Crippen LogP contribution in [0.2, 0.25) is 0 Å². The van der Waals surface area contributed by atoms with Crippen LogP contribution in [0, 0.1) is 0 Å². The van der Waals surface area contributed by atoms with Crippen molar-refractivity contribution in [3.05, 3.63) is 0 Å². The topological polar surface area (TPSA) is 43.4 Å². The van der Waals surface area contributed by atoms with Crippen molar-refractivity contribution in [2.24, 2.45) is 0 Å². The molecule has 25 heavy (non-hydrogen) atoms. The molecule has 0 unspecified atom stereocenters. The largest absolute Gasteiger partial charge is 0.348 e. The molecule has 4 heteroatoms. The lowest BCUT2D eigenvalue weighted by molar-refractivity contribution is -0.183. The number of carbonyl (C=O) groups excluding carboxylic acids is 2. The summed E-state index contributed by atoms with van der Waals surface area (Å²) in [6, 6.07) is 0. The summed E-state index contributed by atoms with van der Waals surface area (Å²) in [6.07, 6.45) is 20.6. The fourth-order valence-electron chi connectivity index (χ4n) is 3.16. The first-order valence-electron chi connectivity index (χ1n) is 10.5. The van der Waals surface area contributed by atoms with Gasteiger partial charge in [0.05, 0.1) is 0 Å². The highest BCUT2D eigenvalue weighted by Gasteiger charge is 2.01. The minimum Gasteiger partial charge on any atom is -0.300 e. The minimum atomic E-state index is -0.743. The molecule has 0 aromatic rings. The van der Waals surface area contributed by atoms with Gasteiger partial charge in [0.2, 0.25) is 0 Å². The van der Waals surface area contributed by atoms with Gasteiger partial charge in [-0.3, -0.25) is 4.94 Å². The predicted octanol–water partition coefficient (Wildman–Crippen LogP) is 7.02. The van der Waals surface area contributed by atoms with Crippen LogP contribution >= 0.6 is 0 Å². The zero-order valence-electron chi connectivity index (χ0n) is 16.3. The molecular formula is C21H39FO3. The molecule has 0 aromatic carbocycles. The average Bonchev–Trinajstić information content (AvgIpc) is 2.60. The molecule has 0 saturated heterocycles. The van der Waals surface area contributed by atoms with E-state index >= 15 is 0 Å². The van der Waals surface area contributed by atoms with E-state index in [-0.39, 0.29) is 6.42 Å². The van der Waals surface area contributed by atoms with Gasteiger partial charge in [-0.05, 0) is 19.8 Å². The molecule has 0 aliphatic heterocycles. The molecular weight excluding hydrogens is 319 g/mol. The third-order valence-corrected chi connectivity index (χ3v) is 4.75. The first-order chi connectivity index (χ1) is 12.2.